The van der Waals surface area contributed by atoms with Gasteiger partial charge in [-0.15, -0.1) is 11.3 Å². The number of carbonyl (C=O) groups excluding carboxylic acids is 1. The monoisotopic (exact) mass is 318 g/mol. The molecule has 110 valence electrons. The Morgan fingerprint density at radius 1 is 1.48 bits per heavy atom. The second kappa shape index (κ2) is 6.20. The molecule has 1 aromatic carbocycles. The first-order valence-electron chi connectivity index (χ1n) is 7.12. The highest BCUT2D eigenvalue weighted by molar-refractivity contribution is 8.01. The van der Waals surface area contributed by atoms with Gasteiger partial charge in [0.25, 0.3) is 0 Å². The Kier molecular flexibility index (Phi) is 4.31. The van der Waals surface area contributed by atoms with Gasteiger partial charge in [0.2, 0.25) is 5.91 Å². The summed E-state index contributed by atoms with van der Waals surface area (Å²) in [5.74, 6) is -0.290. The number of thiazole rings is 1. The molecule has 1 aromatic heterocycles. The van der Waals surface area contributed by atoms with Crippen LogP contribution in [0.4, 0.5) is 0 Å². The van der Waals surface area contributed by atoms with E-state index in [0.717, 1.165) is 14.9 Å². The second-order valence-electron chi connectivity index (χ2n) is 5.33. The number of aromatic nitrogens is 1. The van der Waals surface area contributed by atoms with E-state index >= 15 is 0 Å². The summed E-state index contributed by atoms with van der Waals surface area (Å²) in [5.41, 5.74) is 9.13. The predicted octanol–water partition coefficient (Wildman–Crippen LogP) is 3.65. The number of hydrogen-bond acceptors (Lipinski definition) is 4. The van der Waals surface area contributed by atoms with E-state index in [0.29, 0.717) is 11.7 Å². The lowest BCUT2D eigenvalue weighted by Crippen LogP contribution is -2.13. The van der Waals surface area contributed by atoms with E-state index in [4.69, 9.17) is 5.73 Å². The lowest BCUT2D eigenvalue weighted by Gasteiger charge is -2.24. The van der Waals surface area contributed by atoms with Crippen LogP contribution in [-0.4, -0.2) is 10.9 Å². The molecule has 3 nitrogen and oxygen atoms in total. The zero-order valence-corrected chi connectivity index (χ0v) is 13.6. The maximum absolute atomic E-state index is 11.1. The average molecular weight is 318 g/mol. The number of primary amides is 1. The van der Waals surface area contributed by atoms with Gasteiger partial charge in [0.05, 0.1) is 12.1 Å². The standard InChI is InChI=1S/C16H18N2OS2/c1-10-14(9-15(17)19)21-16(18-10)20-13-8-4-6-11-5-2-3-7-12(11)13/h2-3,5,7,13H,4,6,8-9H2,1H3,(H2,17,19)/t13-/m1/s1. The van der Waals surface area contributed by atoms with Crippen LogP contribution >= 0.6 is 23.1 Å². The fourth-order valence-corrected chi connectivity index (χ4v) is 5.45. The second-order valence-corrected chi connectivity index (χ2v) is 7.86. The number of hydrogen-bond donors (Lipinski definition) is 1. The van der Waals surface area contributed by atoms with Crippen molar-refractivity contribution in [3.05, 3.63) is 46.0 Å². The van der Waals surface area contributed by atoms with E-state index in [9.17, 15) is 4.79 Å². The molecule has 21 heavy (non-hydrogen) atoms. The van der Waals surface area contributed by atoms with Gasteiger partial charge in [0, 0.05) is 10.1 Å². The molecule has 0 aliphatic heterocycles. The van der Waals surface area contributed by atoms with Crippen molar-refractivity contribution in [3.8, 4) is 0 Å². The van der Waals surface area contributed by atoms with E-state index in [1.807, 2.05) is 18.7 Å². The van der Waals surface area contributed by atoms with Crippen molar-refractivity contribution in [1.82, 2.24) is 4.98 Å². The predicted molar refractivity (Wildman–Crippen MR) is 87.7 cm³/mol. The molecule has 0 saturated heterocycles. The summed E-state index contributed by atoms with van der Waals surface area (Å²) in [5, 5.41) is 0.474. The molecule has 0 saturated carbocycles. The number of nitrogens with two attached hydrogens (primary N) is 1. The van der Waals surface area contributed by atoms with Crippen LogP contribution in [0.5, 0.6) is 0 Å². The van der Waals surface area contributed by atoms with E-state index in [2.05, 4.69) is 29.2 Å². The molecule has 3 rings (SSSR count). The van der Waals surface area contributed by atoms with E-state index < -0.39 is 0 Å². The normalized spacial score (nSPS) is 17.5. The van der Waals surface area contributed by atoms with Crippen LogP contribution in [0.25, 0.3) is 0 Å². The van der Waals surface area contributed by atoms with Crippen molar-refractivity contribution in [1.29, 1.82) is 0 Å². The molecule has 1 atom stereocenters. The van der Waals surface area contributed by atoms with Gasteiger partial charge in [0.15, 0.2) is 4.34 Å². The minimum atomic E-state index is -0.290. The Balaban J connectivity index is 1.80. The number of nitrogens with zero attached hydrogens (tertiary/aromatic N) is 1. The molecule has 1 aliphatic carbocycles. The highest BCUT2D eigenvalue weighted by Gasteiger charge is 2.22. The molecule has 1 aliphatic rings. The van der Waals surface area contributed by atoms with Gasteiger partial charge in [-0.3, -0.25) is 4.79 Å². The van der Waals surface area contributed by atoms with Crippen LogP contribution in [0.1, 0.15) is 39.8 Å². The first kappa shape index (κ1) is 14.6. The van der Waals surface area contributed by atoms with Gasteiger partial charge in [-0.05, 0) is 37.3 Å². The van der Waals surface area contributed by atoms with Crippen molar-refractivity contribution < 1.29 is 4.79 Å². The highest BCUT2D eigenvalue weighted by Crippen LogP contribution is 2.44. The van der Waals surface area contributed by atoms with Crippen molar-refractivity contribution in [2.75, 3.05) is 0 Å². The number of carbonyl (C=O) groups is 1. The minimum Gasteiger partial charge on any atom is -0.369 e. The van der Waals surface area contributed by atoms with E-state index in [1.165, 1.54) is 30.4 Å². The van der Waals surface area contributed by atoms with Gasteiger partial charge < -0.3 is 5.73 Å². The van der Waals surface area contributed by atoms with Crippen LogP contribution in [0.15, 0.2) is 28.6 Å². The largest absolute Gasteiger partial charge is 0.369 e. The number of benzene rings is 1. The quantitative estimate of drug-likeness (QED) is 0.936. The maximum atomic E-state index is 11.1. The van der Waals surface area contributed by atoms with Crippen LogP contribution in [0.3, 0.4) is 0 Å². The third kappa shape index (κ3) is 3.30. The molecule has 1 heterocycles. The van der Waals surface area contributed by atoms with Crippen LogP contribution in [0, 0.1) is 6.92 Å². The summed E-state index contributed by atoms with van der Waals surface area (Å²) in [6.07, 6.45) is 3.89. The Morgan fingerprint density at radius 2 is 2.29 bits per heavy atom. The number of thioether (sulfide) groups is 1. The molecular formula is C16H18N2OS2. The topological polar surface area (TPSA) is 56.0 Å². The molecule has 0 fully saturated rings. The van der Waals surface area contributed by atoms with E-state index in [1.54, 1.807) is 11.3 Å². The zero-order chi connectivity index (χ0) is 14.8. The van der Waals surface area contributed by atoms with Gasteiger partial charge in [-0.1, -0.05) is 36.0 Å². The summed E-state index contributed by atoms with van der Waals surface area (Å²) in [6.45, 7) is 1.95. The summed E-state index contributed by atoms with van der Waals surface area (Å²) in [4.78, 5) is 16.7. The molecule has 0 bridgehead atoms. The first-order chi connectivity index (χ1) is 10.1. The molecule has 0 spiro atoms. The fourth-order valence-electron chi connectivity index (χ4n) is 2.73. The van der Waals surface area contributed by atoms with Crippen molar-refractivity contribution in [2.24, 2.45) is 5.73 Å². The maximum Gasteiger partial charge on any atom is 0.222 e. The van der Waals surface area contributed by atoms with Crippen molar-refractivity contribution in [2.45, 2.75) is 42.2 Å². The van der Waals surface area contributed by atoms with Crippen molar-refractivity contribution in [3.63, 3.8) is 0 Å². The molecular weight excluding hydrogens is 300 g/mol. The van der Waals surface area contributed by atoms with Gasteiger partial charge in [-0.25, -0.2) is 4.98 Å². The highest BCUT2D eigenvalue weighted by atomic mass is 32.2. The van der Waals surface area contributed by atoms with Crippen LogP contribution in [-0.2, 0) is 17.6 Å². The zero-order valence-electron chi connectivity index (χ0n) is 12.0. The lowest BCUT2D eigenvalue weighted by molar-refractivity contribution is -0.117. The molecule has 0 radical (unpaired) electrons. The summed E-state index contributed by atoms with van der Waals surface area (Å²) >= 11 is 3.43. The Hall–Kier alpha value is -1.33. The third-order valence-electron chi connectivity index (χ3n) is 3.77. The average Bonchev–Trinajstić information content (AvgIpc) is 2.78. The van der Waals surface area contributed by atoms with Gasteiger partial charge in [-0.2, -0.15) is 0 Å². The number of amides is 1. The Labute approximate surface area is 133 Å². The lowest BCUT2D eigenvalue weighted by atomic mass is 9.91. The van der Waals surface area contributed by atoms with Crippen LogP contribution < -0.4 is 5.73 Å². The smallest absolute Gasteiger partial charge is 0.222 e. The van der Waals surface area contributed by atoms with E-state index in [-0.39, 0.29) is 5.91 Å². The molecule has 1 amide bonds. The molecule has 2 aromatic rings. The number of aryl methyl sites for hydroxylation is 2. The number of fused-ring (bicyclic) bond motifs is 1. The first-order valence-corrected chi connectivity index (χ1v) is 8.82. The Morgan fingerprint density at radius 3 is 3.10 bits per heavy atom. The van der Waals surface area contributed by atoms with Gasteiger partial charge >= 0.3 is 0 Å². The minimum absolute atomic E-state index is 0.290. The Bertz CT molecular complexity index is 666. The molecule has 0 unspecified atom stereocenters. The summed E-state index contributed by atoms with van der Waals surface area (Å²) < 4.78 is 1.05. The molecule has 5 heteroatoms. The SMILES string of the molecule is Cc1nc(S[C@@H]2CCCc3ccccc32)sc1CC(N)=O. The summed E-state index contributed by atoms with van der Waals surface area (Å²) in [7, 11) is 0. The van der Waals surface area contributed by atoms with Crippen molar-refractivity contribution >= 4 is 29.0 Å². The number of rotatable bonds is 4. The summed E-state index contributed by atoms with van der Waals surface area (Å²) in [6, 6.07) is 8.69. The van der Waals surface area contributed by atoms with Gasteiger partial charge in [0.1, 0.15) is 0 Å². The fraction of sp³-hybridized carbons (Fsp3) is 0.375. The van der Waals surface area contributed by atoms with Crippen LogP contribution in [0.2, 0.25) is 0 Å². The third-order valence-corrected chi connectivity index (χ3v) is 6.32. The molecule has 2 N–H and O–H groups in total.